The van der Waals surface area contributed by atoms with Gasteiger partial charge in [-0.05, 0) is 18.2 Å². The van der Waals surface area contributed by atoms with Gasteiger partial charge in [0.05, 0.1) is 17.1 Å². The average Bonchev–Trinajstić information content (AvgIpc) is 2.73. The Bertz CT molecular complexity index is 1070. The lowest BCUT2D eigenvalue weighted by molar-refractivity contribution is -0.128. The van der Waals surface area contributed by atoms with E-state index < -0.39 is 45.8 Å². The van der Waals surface area contributed by atoms with Crippen molar-refractivity contribution in [3.8, 4) is 11.9 Å². The van der Waals surface area contributed by atoms with Crippen molar-refractivity contribution in [3.05, 3.63) is 59.9 Å². The summed E-state index contributed by atoms with van der Waals surface area (Å²) in [4.78, 5) is 29.2. The predicted molar refractivity (Wildman–Crippen MR) is 104 cm³/mol. The molecule has 1 N–H and O–H groups in total. The molecule has 0 saturated heterocycles. The summed E-state index contributed by atoms with van der Waals surface area (Å²) in [5, 5.41) is 11.2. The van der Waals surface area contributed by atoms with Crippen molar-refractivity contribution >= 4 is 21.7 Å². The van der Waals surface area contributed by atoms with Gasteiger partial charge in [0.1, 0.15) is 11.8 Å². The van der Waals surface area contributed by atoms with E-state index in [4.69, 9.17) is 5.26 Å². The molecule has 1 unspecified atom stereocenters. The molecular formula is C19H18F2N4O5S. The lowest BCUT2D eigenvalue weighted by Gasteiger charge is -2.20. The largest absolute Gasteiger partial charge is 0.435 e. The maximum atomic E-state index is 12.7. The summed E-state index contributed by atoms with van der Waals surface area (Å²) in [6.07, 6.45) is 4.19. The molecule has 1 atom stereocenters. The fourth-order valence-electron chi connectivity index (χ4n) is 2.58. The number of benzene rings is 1. The molecular weight excluding hydrogens is 434 g/mol. The summed E-state index contributed by atoms with van der Waals surface area (Å²) in [6.45, 7) is -3.15. The van der Waals surface area contributed by atoms with Crippen LogP contribution in [0.25, 0.3) is 0 Å². The van der Waals surface area contributed by atoms with Crippen molar-refractivity contribution in [3.63, 3.8) is 0 Å². The third kappa shape index (κ3) is 7.00. The van der Waals surface area contributed by atoms with Gasteiger partial charge in [0.25, 0.3) is 11.8 Å². The Hall–Kier alpha value is -3.59. The van der Waals surface area contributed by atoms with Gasteiger partial charge < -0.3 is 10.1 Å². The highest BCUT2D eigenvalue weighted by molar-refractivity contribution is 7.90. The number of amides is 2. The van der Waals surface area contributed by atoms with Gasteiger partial charge in [-0.1, -0.05) is 18.2 Å². The first-order chi connectivity index (χ1) is 14.6. The number of sulfone groups is 1. The van der Waals surface area contributed by atoms with Crippen LogP contribution in [-0.2, 0) is 20.4 Å². The number of nitriles is 1. The smallest absolute Gasteiger partial charge is 0.387 e. The van der Waals surface area contributed by atoms with Crippen molar-refractivity contribution in [2.75, 3.05) is 12.8 Å². The first-order valence-corrected chi connectivity index (χ1v) is 10.6. The summed E-state index contributed by atoms with van der Waals surface area (Å²) in [5.41, 5.74) is 0.0363. The van der Waals surface area contributed by atoms with Gasteiger partial charge in [0.15, 0.2) is 16.0 Å². The zero-order chi connectivity index (χ0) is 23.0. The number of nitrogens with one attached hydrogen (secondary N) is 1. The number of para-hydroxylation sites is 1. The number of likely N-dealkylation sites (N-methyl/N-ethyl adjacent to an activating group) is 1. The van der Waals surface area contributed by atoms with Crippen LogP contribution in [0.2, 0.25) is 0 Å². The average molecular weight is 452 g/mol. The Morgan fingerprint density at radius 3 is 2.58 bits per heavy atom. The Kier molecular flexibility index (Phi) is 7.98. The van der Waals surface area contributed by atoms with Gasteiger partial charge in [0.2, 0.25) is 0 Å². The van der Waals surface area contributed by atoms with Crippen molar-refractivity contribution in [2.24, 2.45) is 0 Å². The van der Waals surface area contributed by atoms with E-state index in [0.29, 0.717) is 4.90 Å². The van der Waals surface area contributed by atoms with Gasteiger partial charge >= 0.3 is 6.61 Å². The number of carbonyl (C=O) groups excluding carboxylic acids is 2. The number of pyridine rings is 1. The number of ether oxygens (including phenoxy) is 1. The van der Waals surface area contributed by atoms with Crippen LogP contribution < -0.4 is 10.1 Å². The predicted octanol–water partition coefficient (Wildman–Crippen LogP) is 1.34. The van der Waals surface area contributed by atoms with Crippen LogP contribution in [0.15, 0.2) is 48.8 Å². The Morgan fingerprint density at radius 2 is 1.97 bits per heavy atom. The molecule has 9 nitrogen and oxygen atoms in total. The van der Waals surface area contributed by atoms with Crippen LogP contribution >= 0.6 is 0 Å². The standard InChI is InChI=1S/C19H18F2N4O5S/c1-25(12-22)18(27)15(24-17(26)13-6-4-8-23-9-13)11-31(28,29)10-14-5-2-3-7-16(14)30-19(20)21/h2-9,15,19H,10-11H2,1H3,(H,24,26). The molecule has 0 radical (unpaired) electrons. The zero-order valence-corrected chi connectivity index (χ0v) is 17.1. The van der Waals surface area contributed by atoms with E-state index in [1.54, 1.807) is 6.19 Å². The lowest BCUT2D eigenvalue weighted by atomic mass is 10.2. The number of aromatic nitrogens is 1. The second-order valence-corrected chi connectivity index (χ2v) is 8.41. The molecule has 2 aromatic rings. The molecule has 2 rings (SSSR count). The normalized spacial score (nSPS) is 12.0. The van der Waals surface area contributed by atoms with E-state index in [1.807, 2.05) is 0 Å². The van der Waals surface area contributed by atoms with Gasteiger partial charge in [-0.25, -0.2) is 8.42 Å². The number of hydrogen-bond donors (Lipinski definition) is 1. The third-order valence-corrected chi connectivity index (χ3v) is 5.58. The van der Waals surface area contributed by atoms with Crippen LogP contribution in [-0.4, -0.2) is 55.6 Å². The van der Waals surface area contributed by atoms with Crippen LogP contribution in [0.1, 0.15) is 15.9 Å². The van der Waals surface area contributed by atoms with Crippen molar-refractivity contribution in [1.29, 1.82) is 5.26 Å². The van der Waals surface area contributed by atoms with Crippen molar-refractivity contribution in [2.45, 2.75) is 18.4 Å². The molecule has 0 fully saturated rings. The number of rotatable bonds is 9. The quantitative estimate of drug-likeness (QED) is 0.449. The monoisotopic (exact) mass is 452 g/mol. The summed E-state index contributed by atoms with van der Waals surface area (Å²) in [5.74, 6) is -3.64. The molecule has 0 aliphatic carbocycles. The molecule has 1 heterocycles. The van der Waals surface area contributed by atoms with Crippen LogP contribution in [0, 0.1) is 11.5 Å². The number of halogens is 2. The molecule has 0 bridgehead atoms. The fourth-order valence-corrected chi connectivity index (χ4v) is 4.14. The van der Waals surface area contributed by atoms with Gasteiger partial charge in [-0.2, -0.15) is 14.0 Å². The second-order valence-electron chi connectivity index (χ2n) is 6.31. The highest BCUT2D eigenvalue weighted by Crippen LogP contribution is 2.23. The molecule has 2 amide bonds. The fraction of sp³-hybridized carbons (Fsp3) is 0.263. The Morgan fingerprint density at radius 1 is 1.26 bits per heavy atom. The highest BCUT2D eigenvalue weighted by atomic mass is 32.2. The topological polar surface area (TPSA) is 129 Å². The number of hydrogen-bond acceptors (Lipinski definition) is 7. The first-order valence-electron chi connectivity index (χ1n) is 8.74. The molecule has 0 aliphatic rings. The minimum absolute atomic E-state index is 0.0405. The van der Waals surface area contributed by atoms with Gasteiger partial charge in [0, 0.05) is 25.0 Å². The Balaban J connectivity index is 2.26. The van der Waals surface area contributed by atoms with Crippen molar-refractivity contribution in [1.82, 2.24) is 15.2 Å². The Labute approximate surface area is 177 Å². The van der Waals surface area contributed by atoms with Crippen LogP contribution in [0.4, 0.5) is 8.78 Å². The third-order valence-electron chi connectivity index (χ3n) is 3.99. The van der Waals surface area contributed by atoms with Gasteiger partial charge in [-0.3, -0.25) is 19.5 Å². The van der Waals surface area contributed by atoms with E-state index in [-0.39, 0.29) is 16.9 Å². The number of alkyl halides is 2. The minimum atomic E-state index is -4.12. The number of nitrogens with zero attached hydrogens (tertiary/aromatic N) is 3. The highest BCUT2D eigenvalue weighted by Gasteiger charge is 2.30. The van der Waals surface area contributed by atoms with Crippen molar-refractivity contribution < 1.29 is 31.5 Å². The molecule has 1 aromatic heterocycles. The first kappa shape index (κ1) is 23.7. The van der Waals surface area contributed by atoms with E-state index in [1.165, 1.54) is 48.8 Å². The maximum absolute atomic E-state index is 12.7. The molecule has 1 aromatic carbocycles. The summed E-state index contributed by atoms with van der Waals surface area (Å²) in [6, 6.07) is 6.61. The molecule has 31 heavy (non-hydrogen) atoms. The number of carbonyl (C=O) groups is 2. The second kappa shape index (κ2) is 10.4. The molecule has 0 spiro atoms. The minimum Gasteiger partial charge on any atom is -0.435 e. The summed E-state index contributed by atoms with van der Waals surface area (Å²) >= 11 is 0. The van der Waals surface area contributed by atoms with Crippen LogP contribution in [0.3, 0.4) is 0 Å². The lowest BCUT2D eigenvalue weighted by Crippen LogP contribution is -2.50. The molecule has 164 valence electrons. The molecule has 0 aliphatic heterocycles. The molecule has 0 saturated carbocycles. The van der Waals surface area contributed by atoms with E-state index >= 15 is 0 Å². The SMILES string of the molecule is CN(C#N)C(=O)C(CS(=O)(=O)Cc1ccccc1OC(F)F)NC(=O)c1cccnc1. The zero-order valence-electron chi connectivity index (χ0n) is 16.2. The van der Waals surface area contributed by atoms with Gasteiger partial charge in [-0.15, -0.1) is 0 Å². The van der Waals surface area contributed by atoms with Crippen LogP contribution in [0.5, 0.6) is 5.75 Å². The summed E-state index contributed by atoms with van der Waals surface area (Å²) < 4.78 is 54.9. The molecule has 12 heteroatoms. The van der Waals surface area contributed by atoms with E-state index in [9.17, 15) is 26.8 Å². The summed E-state index contributed by atoms with van der Waals surface area (Å²) in [7, 11) is -3.00. The van der Waals surface area contributed by atoms with E-state index in [2.05, 4.69) is 15.0 Å². The maximum Gasteiger partial charge on any atom is 0.387 e. The van der Waals surface area contributed by atoms with E-state index in [0.717, 1.165) is 7.05 Å².